The zero-order valence-corrected chi connectivity index (χ0v) is 9.07. The molecule has 1 aliphatic rings. The van der Waals surface area contributed by atoms with Gasteiger partial charge in [0, 0.05) is 13.1 Å². The first-order valence-corrected chi connectivity index (χ1v) is 5.66. The van der Waals surface area contributed by atoms with Gasteiger partial charge in [0.25, 0.3) is 0 Å². The van der Waals surface area contributed by atoms with Crippen LogP contribution in [0.1, 0.15) is 5.56 Å². The van der Waals surface area contributed by atoms with Gasteiger partial charge in [-0.15, -0.1) is 0 Å². The van der Waals surface area contributed by atoms with Gasteiger partial charge >= 0.3 is 0 Å². The van der Waals surface area contributed by atoms with E-state index >= 15 is 0 Å². The molecule has 1 aromatic heterocycles. The van der Waals surface area contributed by atoms with Crippen LogP contribution in [0.3, 0.4) is 0 Å². The Hall–Kier alpha value is -1.39. The van der Waals surface area contributed by atoms with E-state index in [1.807, 2.05) is 0 Å². The van der Waals surface area contributed by atoms with E-state index < -0.39 is 0 Å². The summed E-state index contributed by atoms with van der Waals surface area (Å²) in [5, 5.41) is 3.34. The summed E-state index contributed by atoms with van der Waals surface area (Å²) < 4.78 is 5.69. The summed E-state index contributed by atoms with van der Waals surface area (Å²) in [5.74, 6) is 0. The highest BCUT2D eigenvalue weighted by molar-refractivity contribution is 5.75. The van der Waals surface area contributed by atoms with E-state index in [-0.39, 0.29) is 0 Å². The van der Waals surface area contributed by atoms with Crippen molar-refractivity contribution in [3.8, 4) is 0 Å². The van der Waals surface area contributed by atoms with Crippen LogP contribution >= 0.6 is 0 Å². The average Bonchev–Trinajstić information content (AvgIpc) is 2.77. The van der Waals surface area contributed by atoms with E-state index in [0.717, 1.165) is 37.2 Å². The number of nitrogens with zero attached hydrogens (tertiary/aromatic N) is 1. The van der Waals surface area contributed by atoms with Crippen molar-refractivity contribution >= 4 is 11.0 Å². The zero-order chi connectivity index (χ0) is 10.8. The topological polar surface area (TPSA) is 49.9 Å². The van der Waals surface area contributed by atoms with Gasteiger partial charge < -0.3 is 15.0 Å². The smallest absolute Gasteiger partial charge is 0.0931 e. The average molecular weight is 217 g/mol. The van der Waals surface area contributed by atoms with Crippen molar-refractivity contribution in [2.24, 2.45) is 0 Å². The van der Waals surface area contributed by atoms with E-state index in [9.17, 15) is 0 Å². The molecule has 2 N–H and O–H groups in total. The number of aromatic amines is 1. The number of morpholine rings is 1. The highest BCUT2D eigenvalue weighted by atomic mass is 16.5. The summed E-state index contributed by atoms with van der Waals surface area (Å²) in [4.78, 5) is 7.34. The van der Waals surface area contributed by atoms with Crippen LogP contribution in [-0.2, 0) is 11.2 Å². The van der Waals surface area contributed by atoms with Crippen molar-refractivity contribution in [2.75, 3.05) is 19.7 Å². The molecule has 84 valence electrons. The summed E-state index contributed by atoms with van der Waals surface area (Å²) in [6, 6.07) is 6.33. The maximum Gasteiger partial charge on any atom is 0.0931 e. The van der Waals surface area contributed by atoms with Crippen LogP contribution in [0.25, 0.3) is 11.0 Å². The lowest BCUT2D eigenvalue weighted by Crippen LogP contribution is -2.39. The molecule has 1 atom stereocenters. The molecular weight excluding hydrogens is 202 g/mol. The van der Waals surface area contributed by atoms with Gasteiger partial charge in [0.15, 0.2) is 0 Å². The van der Waals surface area contributed by atoms with Gasteiger partial charge in [-0.2, -0.15) is 0 Å². The summed E-state index contributed by atoms with van der Waals surface area (Å²) >= 11 is 0. The van der Waals surface area contributed by atoms with E-state index in [0.29, 0.717) is 6.10 Å². The quantitative estimate of drug-likeness (QED) is 0.791. The summed E-state index contributed by atoms with van der Waals surface area (Å²) in [6.45, 7) is 2.73. The molecule has 0 amide bonds. The molecule has 0 radical (unpaired) electrons. The molecule has 0 saturated carbocycles. The molecule has 4 nitrogen and oxygen atoms in total. The van der Waals surface area contributed by atoms with E-state index in [4.69, 9.17) is 4.74 Å². The van der Waals surface area contributed by atoms with Crippen LogP contribution in [0.5, 0.6) is 0 Å². The van der Waals surface area contributed by atoms with Crippen LogP contribution in [0.2, 0.25) is 0 Å². The lowest BCUT2D eigenvalue weighted by Gasteiger charge is -2.23. The molecule has 0 aliphatic carbocycles. The second-order valence-corrected chi connectivity index (χ2v) is 4.16. The number of fused-ring (bicyclic) bond motifs is 1. The van der Waals surface area contributed by atoms with Crippen LogP contribution < -0.4 is 5.32 Å². The Morgan fingerprint density at radius 2 is 2.44 bits per heavy atom. The van der Waals surface area contributed by atoms with Gasteiger partial charge in [0.2, 0.25) is 0 Å². The van der Waals surface area contributed by atoms with Crippen molar-refractivity contribution < 1.29 is 4.74 Å². The minimum Gasteiger partial charge on any atom is -0.375 e. The molecule has 1 fully saturated rings. The molecule has 3 rings (SSSR count). The number of ether oxygens (including phenoxy) is 1. The lowest BCUT2D eigenvalue weighted by atomic mass is 10.1. The van der Waals surface area contributed by atoms with E-state index in [1.165, 1.54) is 5.56 Å². The Morgan fingerprint density at radius 3 is 3.31 bits per heavy atom. The molecule has 1 unspecified atom stereocenters. The number of hydrogen-bond donors (Lipinski definition) is 2. The predicted octanol–water partition coefficient (Wildman–Crippen LogP) is 1.09. The number of H-pyrrole nitrogens is 1. The second-order valence-electron chi connectivity index (χ2n) is 4.16. The third-order valence-corrected chi connectivity index (χ3v) is 2.95. The number of benzene rings is 1. The minimum absolute atomic E-state index is 0.300. The largest absolute Gasteiger partial charge is 0.375 e. The number of hydrogen-bond acceptors (Lipinski definition) is 3. The molecule has 1 aliphatic heterocycles. The molecule has 1 aromatic carbocycles. The number of imidazole rings is 1. The van der Waals surface area contributed by atoms with Crippen molar-refractivity contribution in [1.29, 1.82) is 0 Å². The van der Waals surface area contributed by atoms with Crippen LogP contribution in [-0.4, -0.2) is 35.8 Å². The summed E-state index contributed by atoms with van der Waals surface area (Å²) in [5.41, 5.74) is 3.41. The van der Waals surface area contributed by atoms with E-state index in [2.05, 4.69) is 33.5 Å². The molecule has 4 heteroatoms. The zero-order valence-electron chi connectivity index (χ0n) is 9.07. The first kappa shape index (κ1) is 9.81. The number of nitrogens with one attached hydrogen (secondary N) is 2. The number of rotatable bonds is 2. The fourth-order valence-electron chi connectivity index (χ4n) is 2.12. The number of aromatic nitrogens is 2. The van der Waals surface area contributed by atoms with Gasteiger partial charge in [0.05, 0.1) is 30.1 Å². The van der Waals surface area contributed by atoms with Crippen molar-refractivity contribution in [3.63, 3.8) is 0 Å². The minimum atomic E-state index is 0.300. The molecule has 2 heterocycles. The fraction of sp³-hybridized carbons (Fsp3) is 0.417. The highest BCUT2D eigenvalue weighted by Crippen LogP contribution is 2.14. The Bertz CT molecular complexity index is 474. The van der Waals surface area contributed by atoms with Crippen LogP contribution in [0, 0.1) is 0 Å². The van der Waals surface area contributed by atoms with Gasteiger partial charge in [-0.3, -0.25) is 0 Å². The van der Waals surface area contributed by atoms with E-state index in [1.54, 1.807) is 6.33 Å². The normalized spacial score (nSPS) is 21.4. The molecule has 0 spiro atoms. The van der Waals surface area contributed by atoms with Gasteiger partial charge in [-0.05, 0) is 24.1 Å². The maximum absolute atomic E-state index is 5.69. The van der Waals surface area contributed by atoms with Crippen molar-refractivity contribution in [2.45, 2.75) is 12.5 Å². The van der Waals surface area contributed by atoms with Crippen molar-refractivity contribution in [1.82, 2.24) is 15.3 Å². The third kappa shape index (κ3) is 1.94. The lowest BCUT2D eigenvalue weighted by molar-refractivity contribution is 0.0292. The molecular formula is C12H15N3O. The summed E-state index contributed by atoms with van der Waals surface area (Å²) in [7, 11) is 0. The summed E-state index contributed by atoms with van der Waals surface area (Å²) in [6.07, 6.45) is 2.99. The molecule has 2 aromatic rings. The first-order valence-electron chi connectivity index (χ1n) is 5.66. The van der Waals surface area contributed by atoms with Gasteiger partial charge in [-0.1, -0.05) is 6.07 Å². The van der Waals surface area contributed by atoms with Gasteiger partial charge in [0.1, 0.15) is 0 Å². The predicted molar refractivity (Wildman–Crippen MR) is 62.4 cm³/mol. The Labute approximate surface area is 94.0 Å². The van der Waals surface area contributed by atoms with Crippen molar-refractivity contribution in [3.05, 3.63) is 30.1 Å². The highest BCUT2D eigenvalue weighted by Gasteiger charge is 2.13. The third-order valence-electron chi connectivity index (χ3n) is 2.95. The Morgan fingerprint density at radius 1 is 1.44 bits per heavy atom. The fourth-order valence-corrected chi connectivity index (χ4v) is 2.12. The molecule has 16 heavy (non-hydrogen) atoms. The van der Waals surface area contributed by atoms with Crippen LogP contribution in [0.4, 0.5) is 0 Å². The first-order chi connectivity index (χ1) is 7.92. The van der Waals surface area contributed by atoms with Crippen LogP contribution in [0.15, 0.2) is 24.5 Å². The SMILES string of the molecule is c1nc2ccc(CC3CNCCO3)cc2[nH]1. The molecule has 1 saturated heterocycles. The monoisotopic (exact) mass is 217 g/mol. The standard InChI is InChI=1S/C12H15N3O/c1-2-11-12(15-8-14-11)6-9(1)5-10-7-13-3-4-16-10/h1-2,6,8,10,13H,3-5,7H2,(H,14,15). The second kappa shape index (κ2) is 4.23. The maximum atomic E-state index is 5.69. The Balaban J connectivity index is 1.77. The molecule has 0 bridgehead atoms. The Kier molecular flexibility index (Phi) is 2.60. The van der Waals surface area contributed by atoms with Gasteiger partial charge in [-0.25, -0.2) is 4.98 Å².